The zero-order chi connectivity index (χ0) is 27.1. The number of carbonyl (C=O) groups is 1. The molecule has 7 heteroatoms. The molecule has 0 bridgehead atoms. The van der Waals surface area contributed by atoms with Gasteiger partial charge in [-0.3, -0.25) is 9.69 Å². The Morgan fingerprint density at radius 1 is 0.921 bits per heavy atom. The average molecular weight is 533 g/mol. The Morgan fingerprint density at radius 2 is 1.66 bits per heavy atom. The summed E-state index contributed by atoms with van der Waals surface area (Å²) in [5, 5.41) is 2.75. The van der Waals surface area contributed by atoms with Gasteiger partial charge < -0.3 is 19.9 Å². The van der Waals surface area contributed by atoms with Crippen LogP contribution in [0.3, 0.4) is 0 Å². The zero-order valence-electron chi connectivity index (χ0n) is 23.0. The molecule has 0 unspecified atom stereocenters. The van der Waals surface area contributed by atoms with Crippen molar-refractivity contribution in [2.75, 3.05) is 56.6 Å². The molecular formula is C31H40N4O2S. The van der Waals surface area contributed by atoms with E-state index < -0.39 is 0 Å². The van der Waals surface area contributed by atoms with Crippen LogP contribution in [0.15, 0.2) is 71.6 Å². The number of nitrogens with zero attached hydrogens (tertiary/aromatic N) is 3. The maximum absolute atomic E-state index is 13.3. The van der Waals surface area contributed by atoms with Crippen molar-refractivity contribution in [2.45, 2.75) is 37.8 Å². The number of rotatable bonds is 6. The van der Waals surface area contributed by atoms with Crippen LogP contribution < -0.4 is 19.9 Å². The molecular weight excluding hydrogens is 492 g/mol. The van der Waals surface area contributed by atoms with E-state index in [-0.39, 0.29) is 12.0 Å². The van der Waals surface area contributed by atoms with E-state index in [9.17, 15) is 4.79 Å². The normalized spacial score (nSPS) is 15.2. The van der Waals surface area contributed by atoms with Crippen molar-refractivity contribution in [3.63, 3.8) is 0 Å². The first-order chi connectivity index (χ1) is 18.4. The Bertz CT molecular complexity index is 1220. The van der Waals surface area contributed by atoms with Gasteiger partial charge in [0.15, 0.2) is 0 Å². The van der Waals surface area contributed by atoms with E-state index >= 15 is 0 Å². The van der Waals surface area contributed by atoms with Gasteiger partial charge >= 0.3 is 0 Å². The van der Waals surface area contributed by atoms with E-state index in [1.54, 1.807) is 0 Å². The topological polar surface area (TPSA) is 48.1 Å². The lowest BCUT2D eigenvalue weighted by Crippen LogP contribution is -2.46. The van der Waals surface area contributed by atoms with E-state index in [4.69, 9.17) is 4.74 Å². The maximum Gasteiger partial charge on any atom is 0.258 e. The summed E-state index contributed by atoms with van der Waals surface area (Å²) in [4.78, 5) is 21.0. The van der Waals surface area contributed by atoms with Gasteiger partial charge in [-0.2, -0.15) is 0 Å². The highest BCUT2D eigenvalue weighted by Crippen LogP contribution is 2.32. The minimum atomic E-state index is 0.0732. The molecule has 0 spiro atoms. The van der Waals surface area contributed by atoms with Gasteiger partial charge in [0.1, 0.15) is 5.75 Å². The first-order valence-corrected chi connectivity index (χ1v) is 13.9. The van der Waals surface area contributed by atoms with Crippen molar-refractivity contribution in [3.8, 4) is 5.75 Å². The molecule has 0 aliphatic carbocycles. The van der Waals surface area contributed by atoms with Crippen molar-refractivity contribution < 1.29 is 9.53 Å². The molecule has 0 aromatic heterocycles. The van der Waals surface area contributed by atoms with Crippen LogP contribution in [0.25, 0.3) is 0 Å². The second-order valence-corrected chi connectivity index (χ2v) is 10.6. The highest BCUT2D eigenvalue weighted by molar-refractivity contribution is 7.80. The summed E-state index contributed by atoms with van der Waals surface area (Å²) in [6.45, 7) is 9.54. The lowest BCUT2D eigenvalue weighted by Gasteiger charge is -2.37. The van der Waals surface area contributed by atoms with Gasteiger partial charge in [-0.25, -0.2) is 0 Å². The molecule has 2 aliphatic heterocycles. The van der Waals surface area contributed by atoms with Gasteiger partial charge in [-0.15, -0.1) is 12.6 Å². The predicted octanol–water partition coefficient (Wildman–Crippen LogP) is 5.12. The average Bonchev–Trinajstić information content (AvgIpc) is 3.32. The number of piperazine rings is 1. The number of benzene rings is 3. The fourth-order valence-corrected chi connectivity index (χ4v) is 5.27. The summed E-state index contributed by atoms with van der Waals surface area (Å²) in [5.41, 5.74) is 5.31. The third kappa shape index (κ3) is 6.90. The lowest BCUT2D eigenvalue weighted by molar-refractivity contribution is 0.0989. The number of thiol groups is 1. The largest absolute Gasteiger partial charge is 0.489 e. The molecule has 0 saturated carbocycles. The maximum atomic E-state index is 13.3. The molecule has 1 amide bonds. The monoisotopic (exact) mass is 532 g/mol. The molecule has 3 aromatic carbocycles. The van der Waals surface area contributed by atoms with E-state index in [2.05, 4.69) is 78.0 Å². The Balaban J connectivity index is 0.00000107. The Hall–Kier alpha value is -3.00. The fourth-order valence-electron chi connectivity index (χ4n) is 5.03. The zero-order valence-corrected chi connectivity index (χ0v) is 23.9. The number of ether oxygens (including phenoxy) is 1. The second kappa shape index (κ2) is 13.2. The van der Waals surface area contributed by atoms with Crippen LogP contribution in [-0.4, -0.2) is 63.7 Å². The minimum absolute atomic E-state index is 0.0732. The molecule has 2 aliphatic rings. The molecule has 6 nitrogen and oxygen atoms in total. The number of hydrogen-bond donors (Lipinski definition) is 2. The molecule has 1 saturated heterocycles. The molecule has 38 heavy (non-hydrogen) atoms. The van der Waals surface area contributed by atoms with Crippen LogP contribution in [0.5, 0.6) is 5.75 Å². The number of anilines is 2. The molecule has 0 atom stereocenters. The first-order valence-electron chi connectivity index (χ1n) is 13.4. The molecule has 202 valence electrons. The summed E-state index contributed by atoms with van der Waals surface area (Å²) < 4.78 is 6.03. The molecule has 1 N–H and O–H groups in total. The van der Waals surface area contributed by atoms with Gasteiger partial charge in [-0.1, -0.05) is 24.3 Å². The van der Waals surface area contributed by atoms with Crippen molar-refractivity contribution in [3.05, 3.63) is 83.4 Å². The molecule has 0 radical (unpaired) electrons. The molecule has 5 rings (SSSR count). The van der Waals surface area contributed by atoms with Crippen LogP contribution in [0, 0.1) is 0 Å². The Morgan fingerprint density at radius 3 is 2.39 bits per heavy atom. The number of para-hydroxylation sites is 2. The third-order valence-electron chi connectivity index (χ3n) is 6.72. The summed E-state index contributed by atoms with van der Waals surface area (Å²) >= 11 is 4.44. The third-order valence-corrected chi connectivity index (χ3v) is 7.00. The number of amides is 1. The number of fused-ring (bicyclic) bond motifs is 1. The van der Waals surface area contributed by atoms with E-state index in [0.29, 0.717) is 0 Å². The molecule has 2 heterocycles. The lowest BCUT2D eigenvalue weighted by atomic mass is 10.1. The van der Waals surface area contributed by atoms with Gasteiger partial charge in [0.25, 0.3) is 5.91 Å². The summed E-state index contributed by atoms with van der Waals surface area (Å²) in [7, 11) is 3.75. The van der Waals surface area contributed by atoms with E-state index in [1.807, 2.05) is 49.3 Å². The van der Waals surface area contributed by atoms with Crippen molar-refractivity contribution in [1.82, 2.24) is 10.2 Å². The Labute approximate surface area is 233 Å². The van der Waals surface area contributed by atoms with E-state index in [1.165, 1.54) is 16.8 Å². The molecule has 1 fully saturated rings. The van der Waals surface area contributed by atoms with Crippen LogP contribution in [0.1, 0.15) is 35.3 Å². The predicted molar refractivity (Wildman–Crippen MR) is 160 cm³/mol. The Kier molecular flexibility index (Phi) is 9.72. The van der Waals surface area contributed by atoms with Crippen LogP contribution in [-0.2, 0) is 13.0 Å². The van der Waals surface area contributed by atoms with Gasteiger partial charge in [0.05, 0.1) is 11.8 Å². The highest BCUT2D eigenvalue weighted by atomic mass is 32.1. The highest BCUT2D eigenvalue weighted by Gasteiger charge is 2.26. The van der Waals surface area contributed by atoms with Gasteiger partial charge in [0, 0.05) is 55.4 Å². The quantitative estimate of drug-likeness (QED) is 0.432. The second-order valence-electron chi connectivity index (χ2n) is 10.1. The van der Waals surface area contributed by atoms with E-state index in [0.717, 1.165) is 67.6 Å². The smallest absolute Gasteiger partial charge is 0.258 e. The standard InChI is InChI=1S/C29H33N3O2S.C2H7N/c1-21(2)34-28-9-4-3-8-27(28)31-16-14-30(15-17-31)20-22-6-5-7-24(18-22)29(33)32-13-12-23-19-25(35)10-11-26(23)32;1-3-2/h3-11,18-19,21,35H,12-17,20H2,1-2H3;3H,1-2H3. The van der Waals surface area contributed by atoms with Gasteiger partial charge in [-0.05, 0) is 88.0 Å². The van der Waals surface area contributed by atoms with Crippen LogP contribution >= 0.6 is 12.6 Å². The number of nitrogens with one attached hydrogen (secondary N) is 1. The van der Waals surface area contributed by atoms with Crippen molar-refractivity contribution in [2.24, 2.45) is 0 Å². The summed E-state index contributed by atoms with van der Waals surface area (Å²) in [6, 6.07) is 22.5. The fraction of sp³-hybridized carbons (Fsp3) is 0.387. The van der Waals surface area contributed by atoms with Crippen molar-refractivity contribution >= 4 is 29.9 Å². The SMILES string of the molecule is CC(C)Oc1ccccc1N1CCN(Cc2cccc(C(=O)N3CCc4cc(S)ccc43)c2)CC1.CNC. The van der Waals surface area contributed by atoms with Gasteiger partial charge in [0.2, 0.25) is 0 Å². The molecule has 3 aromatic rings. The summed E-state index contributed by atoms with van der Waals surface area (Å²) in [6.07, 6.45) is 1.03. The number of hydrogen-bond acceptors (Lipinski definition) is 6. The van der Waals surface area contributed by atoms with Crippen molar-refractivity contribution in [1.29, 1.82) is 0 Å². The van der Waals surface area contributed by atoms with Crippen LogP contribution in [0.4, 0.5) is 11.4 Å². The minimum Gasteiger partial charge on any atom is -0.489 e. The number of carbonyl (C=O) groups excluding carboxylic acids is 1. The summed E-state index contributed by atoms with van der Waals surface area (Å²) in [5.74, 6) is 1.03. The first kappa shape index (κ1) is 28.0. The van der Waals surface area contributed by atoms with Crippen LogP contribution in [0.2, 0.25) is 0 Å².